The van der Waals surface area contributed by atoms with E-state index < -0.39 is 0 Å². The Morgan fingerprint density at radius 3 is 2.69 bits per heavy atom. The standard InChI is InChI=1S/C21H33N3O2/c1-2-24-16-21(9-8-20(24)25)10-12-23(13-11-21)15-18-14-19(22-26-18)17-6-4-3-5-7-17/h14,17H,2-13,15-16H2,1H3. The Balaban J connectivity index is 1.30. The van der Waals surface area contributed by atoms with Crippen molar-refractivity contribution in [3.63, 3.8) is 0 Å². The lowest BCUT2D eigenvalue weighted by Gasteiger charge is -2.47. The summed E-state index contributed by atoms with van der Waals surface area (Å²) in [5, 5.41) is 4.37. The molecule has 1 aromatic rings. The number of hydrogen-bond acceptors (Lipinski definition) is 4. The molecule has 3 aliphatic rings. The van der Waals surface area contributed by atoms with Crippen LogP contribution < -0.4 is 0 Å². The highest BCUT2D eigenvalue weighted by Gasteiger charge is 2.40. The van der Waals surface area contributed by atoms with Crippen LogP contribution in [-0.2, 0) is 11.3 Å². The Morgan fingerprint density at radius 1 is 1.19 bits per heavy atom. The largest absolute Gasteiger partial charge is 0.360 e. The summed E-state index contributed by atoms with van der Waals surface area (Å²) < 4.78 is 5.66. The molecule has 3 fully saturated rings. The Labute approximate surface area is 157 Å². The first-order valence-electron chi connectivity index (χ1n) is 10.6. The van der Waals surface area contributed by atoms with E-state index in [1.165, 1.54) is 50.6 Å². The Hall–Kier alpha value is -1.36. The number of carbonyl (C=O) groups excluding carboxylic acids is 1. The van der Waals surface area contributed by atoms with Gasteiger partial charge in [-0.2, -0.15) is 0 Å². The van der Waals surface area contributed by atoms with Crippen molar-refractivity contribution in [2.45, 2.75) is 77.2 Å². The van der Waals surface area contributed by atoms with Gasteiger partial charge in [0.15, 0.2) is 5.76 Å². The van der Waals surface area contributed by atoms with E-state index >= 15 is 0 Å². The number of likely N-dealkylation sites (tertiary alicyclic amines) is 2. The van der Waals surface area contributed by atoms with Crippen LogP contribution in [0.1, 0.15) is 82.1 Å². The summed E-state index contributed by atoms with van der Waals surface area (Å²) in [6.45, 7) is 7.00. The van der Waals surface area contributed by atoms with Gasteiger partial charge in [-0.25, -0.2) is 0 Å². The second-order valence-corrected chi connectivity index (χ2v) is 8.74. The number of amides is 1. The molecule has 4 rings (SSSR count). The van der Waals surface area contributed by atoms with Crippen LogP contribution in [0.4, 0.5) is 0 Å². The van der Waals surface area contributed by atoms with Crippen LogP contribution in [-0.4, -0.2) is 47.0 Å². The van der Waals surface area contributed by atoms with E-state index in [0.717, 1.165) is 51.3 Å². The van der Waals surface area contributed by atoms with Crippen molar-refractivity contribution in [3.8, 4) is 0 Å². The highest BCUT2D eigenvalue weighted by Crippen LogP contribution is 2.40. The third kappa shape index (κ3) is 3.83. The minimum absolute atomic E-state index is 0.345. The quantitative estimate of drug-likeness (QED) is 0.817. The van der Waals surface area contributed by atoms with Crippen LogP contribution in [0, 0.1) is 5.41 Å². The van der Waals surface area contributed by atoms with Gasteiger partial charge in [-0.05, 0) is 57.5 Å². The normalized spacial score (nSPS) is 25.1. The fraction of sp³-hybridized carbons (Fsp3) is 0.810. The van der Waals surface area contributed by atoms with Gasteiger partial charge in [0.2, 0.25) is 5.91 Å². The number of nitrogens with zero attached hydrogens (tertiary/aromatic N) is 3. The number of aromatic nitrogens is 1. The van der Waals surface area contributed by atoms with Gasteiger partial charge in [0.05, 0.1) is 12.2 Å². The summed E-state index contributed by atoms with van der Waals surface area (Å²) in [6.07, 6.45) is 10.8. The predicted molar refractivity (Wildman–Crippen MR) is 101 cm³/mol. The molecule has 0 radical (unpaired) electrons. The number of carbonyl (C=O) groups is 1. The SMILES string of the molecule is CCN1CC2(CCC1=O)CCN(Cc1cc(C3CCCCC3)no1)CC2. The average Bonchev–Trinajstić information content (AvgIpc) is 3.15. The average molecular weight is 360 g/mol. The number of piperidine rings is 2. The zero-order chi connectivity index (χ0) is 18.0. The maximum Gasteiger partial charge on any atom is 0.222 e. The van der Waals surface area contributed by atoms with Crippen LogP contribution in [0.2, 0.25) is 0 Å². The number of hydrogen-bond donors (Lipinski definition) is 0. The zero-order valence-corrected chi connectivity index (χ0v) is 16.2. The fourth-order valence-electron chi connectivity index (χ4n) is 5.20. The third-order valence-electron chi connectivity index (χ3n) is 7.03. The molecular weight excluding hydrogens is 326 g/mol. The summed E-state index contributed by atoms with van der Waals surface area (Å²) in [4.78, 5) is 16.6. The molecule has 1 amide bonds. The highest BCUT2D eigenvalue weighted by molar-refractivity contribution is 5.77. The second kappa shape index (κ2) is 7.71. The molecule has 0 bridgehead atoms. The molecule has 0 N–H and O–H groups in total. The van der Waals surface area contributed by atoms with Crippen molar-refractivity contribution in [2.75, 3.05) is 26.2 Å². The van der Waals surface area contributed by atoms with Crippen LogP contribution in [0.15, 0.2) is 10.6 Å². The van der Waals surface area contributed by atoms with E-state index in [1.54, 1.807) is 0 Å². The van der Waals surface area contributed by atoms with Gasteiger partial charge in [0, 0.05) is 31.5 Å². The van der Waals surface area contributed by atoms with Gasteiger partial charge >= 0.3 is 0 Å². The second-order valence-electron chi connectivity index (χ2n) is 8.74. The van der Waals surface area contributed by atoms with Crippen molar-refractivity contribution in [2.24, 2.45) is 5.41 Å². The van der Waals surface area contributed by atoms with E-state index in [4.69, 9.17) is 4.52 Å². The lowest BCUT2D eigenvalue weighted by Crippen LogP contribution is -2.51. The van der Waals surface area contributed by atoms with E-state index in [1.807, 2.05) is 0 Å². The van der Waals surface area contributed by atoms with E-state index in [0.29, 0.717) is 17.2 Å². The maximum absolute atomic E-state index is 12.0. The molecule has 26 heavy (non-hydrogen) atoms. The molecular formula is C21H33N3O2. The lowest BCUT2D eigenvalue weighted by atomic mass is 9.72. The van der Waals surface area contributed by atoms with Gasteiger partial charge in [-0.1, -0.05) is 24.4 Å². The van der Waals surface area contributed by atoms with Crippen LogP contribution in [0.25, 0.3) is 0 Å². The first-order valence-corrected chi connectivity index (χ1v) is 10.6. The maximum atomic E-state index is 12.0. The van der Waals surface area contributed by atoms with Gasteiger partial charge in [0.1, 0.15) is 0 Å². The first-order chi connectivity index (χ1) is 12.7. The molecule has 1 saturated carbocycles. The van der Waals surface area contributed by atoms with E-state index in [9.17, 15) is 4.79 Å². The lowest BCUT2D eigenvalue weighted by molar-refractivity contribution is -0.138. The number of rotatable bonds is 4. The van der Waals surface area contributed by atoms with Crippen molar-refractivity contribution < 1.29 is 9.32 Å². The molecule has 0 unspecified atom stereocenters. The van der Waals surface area contributed by atoms with Gasteiger partial charge in [-0.15, -0.1) is 0 Å². The Bertz CT molecular complexity index is 613. The smallest absolute Gasteiger partial charge is 0.222 e. The molecule has 3 heterocycles. The molecule has 144 valence electrons. The summed E-state index contributed by atoms with van der Waals surface area (Å²) in [5.41, 5.74) is 1.53. The van der Waals surface area contributed by atoms with Gasteiger partial charge in [-0.3, -0.25) is 9.69 Å². The molecule has 1 aliphatic carbocycles. The molecule has 2 aliphatic heterocycles. The molecule has 0 atom stereocenters. The van der Waals surface area contributed by atoms with Crippen molar-refractivity contribution in [1.82, 2.24) is 15.0 Å². The predicted octanol–water partition coefficient (Wildman–Crippen LogP) is 3.95. The summed E-state index contributed by atoms with van der Waals surface area (Å²) in [7, 11) is 0. The first kappa shape index (κ1) is 18.0. The molecule has 2 saturated heterocycles. The monoisotopic (exact) mass is 359 g/mol. The zero-order valence-electron chi connectivity index (χ0n) is 16.2. The topological polar surface area (TPSA) is 49.6 Å². The Morgan fingerprint density at radius 2 is 1.96 bits per heavy atom. The molecule has 1 aromatic heterocycles. The van der Waals surface area contributed by atoms with Crippen LogP contribution in [0.3, 0.4) is 0 Å². The minimum Gasteiger partial charge on any atom is -0.360 e. The van der Waals surface area contributed by atoms with Crippen LogP contribution in [0.5, 0.6) is 0 Å². The summed E-state index contributed by atoms with van der Waals surface area (Å²) in [5.74, 6) is 1.98. The minimum atomic E-state index is 0.345. The van der Waals surface area contributed by atoms with Crippen LogP contribution >= 0.6 is 0 Å². The van der Waals surface area contributed by atoms with Crippen molar-refractivity contribution in [3.05, 3.63) is 17.5 Å². The molecule has 5 heteroatoms. The fourth-order valence-corrected chi connectivity index (χ4v) is 5.20. The molecule has 5 nitrogen and oxygen atoms in total. The molecule has 1 spiro atoms. The Kier molecular flexibility index (Phi) is 5.35. The third-order valence-corrected chi connectivity index (χ3v) is 7.03. The highest BCUT2D eigenvalue weighted by atomic mass is 16.5. The van der Waals surface area contributed by atoms with Gasteiger partial charge < -0.3 is 9.42 Å². The van der Waals surface area contributed by atoms with E-state index in [-0.39, 0.29) is 0 Å². The van der Waals surface area contributed by atoms with Crippen molar-refractivity contribution in [1.29, 1.82) is 0 Å². The van der Waals surface area contributed by atoms with Crippen molar-refractivity contribution >= 4 is 5.91 Å². The van der Waals surface area contributed by atoms with Gasteiger partial charge in [0.25, 0.3) is 0 Å². The summed E-state index contributed by atoms with van der Waals surface area (Å²) >= 11 is 0. The molecule has 0 aromatic carbocycles. The summed E-state index contributed by atoms with van der Waals surface area (Å²) in [6, 6.07) is 2.21. The van der Waals surface area contributed by atoms with E-state index in [2.05, 4.69) is 27.9 Å².